The van der Waals surface area contributed by atoms with Crippen LogP contribution in [0.3, 0.4) is 0 Å². The molecule has 8 heterocycles. The van der Waals surface area contributed by atoms with Crippen LogP contribution in [0.4, 0.5) is 0 Å². The molecule has 16 nitrogen and oxygen atoms in total. The molecular formula is C109H120BrCl5N12O4S4. The van der Waals surface area contributed by atoms with E-state index in [0.717, 1.165) is 170 Å². The standard InChI is InChI=1S/C29H35N3OS.C27H30BrN3OS.C27H29Cl2N3OS.C26H26Cl3N3OS/c1-17-5-7-19(8-6-17)16-32-27-22(11-12-25-23(27)13-18(2)34-25)26(31-32)28(33)30-15-20-9-10-21-14-24(20)29(21,3)4;1-15-4-6-16(7-5-15)14-31-25-19-12-23(28)33-22(19)11-20(25)24(30-31)26(32)29-13-17-8-9-18-10-21(17)27(18,2)3;1-14-10-19-23(34-14)9-7-18-24(31-32(25(18)19)22-8-6-17(28)12-21(22)29)26(33)30-13-15-4-5-16-11-20(15)27(16,2)3;1-26(2)14-4-3-13(18(26)9-14)12-30-25(33)23-16-6-8-21-17(11-22(29)34-21)24(16)32(31-23)20-7-5-15(27)10-19(20)28/h5-8,13,20-21,24H,9-12,14-16H2,1-4H3,(H,30,33);4-7,12,17-18,21H,8-11,13-14H2,1-3H3,(H,29,32);6,8,10,12,15-16,20H,4-5,7,9,11,13H2,1-3H3,(H,30,33);5,7,10-11,13-14,18H,3-4,6,8-9,12H2,1-2H3,(H,30,33). The van der Waals surface area contributed by atoms with Gasteiger partial charge < -0.3 is 21.3 Å². The quantitative estimate of drug-likeness (QED) is 0.0653. The van der Waals surface area contributed by atoms with Crippen molar-refractivity contribution in [3.8, 4) is 56.4 Å². The molecule has 0 saturated heterocycles. The van der Waals surface area contributed by atoms with Crippen LogP contribution in [0.15, 0.2) is 113 Å². The Labute approximate surface area is 842 Å². The molecule has 16 aliphatic carbocycles. The van der Waals surface area contributed by atoms with E-state index in [2.05, 4.69) is 192 Å². The number of halogens is 6. The van der Waals surface area contributed by atoms with E-state index in [0.29, 0.717) is 125 Å². The van der Waals surface area contributed by atoms with Crippen molar-refractivity contribution >= 4 is 143 Å². The van der Waals surface area contributed by atoms with Crippen molar-refractivity contribution in [2.45, 2.75) is 218 Å². The van der Waals surface area contributed by atoms with Crippen LogP contribution >= 0.6 is 119 Å². The first-order valence-electron chi connectivity index (χ1n) is 48.9. The van der Waals surface area contributed by atoms with E-state index < -0.39 is 0 Å². The number of aromatic nitrogens is 8. The lowest BCUT2D eigenvalue weighted by atomic mass is 9.45. The zero-order valence-electron chi connectivity index (χ0n) is 79.1. The number of hydrogen-bond donors (Lipinski definition) is 4. The fourth-order valence-electron chi connectivity index (χ4n) is 26.6. The van der Waals surface area contributed by atoms with E-state index in [4.69, 9.17) is 78.4 Å². The molecule has 12 saturated carbocycles. The molecule has 12 aromatic rings. The number of nitrogens with one attached hydrogen (secondary N) is 4. The van der Waals surface area contributed by atoms with Crippen molar-refractivity contribution in [2.24, 2.45) is 92.7 Å². The van der Waals surface area contributed by atoms with E-state index in [1.54, 1.807) is 45.6 Å². The lowest BCUT2D eigenvalue weighted by Gasteiger charge is -2.60. The average molecular weight is 2050 g/mol. The van der Waals surface area contributed by atoms with Gasteiger partial charge in [0.05, 0.1) is 65.4 Å². The van der Waals surface area contributed by atoms with Gasteiger partial charge in [-0.3, -0.25) is 28.5 Å². The van der Waals surface area contributed by atoms with Crippen molar-refractivity contribution in [1.29, 1.82) is 0 Å². The first kappa shape index (κ1) is 93.6. The lowest BCUT2D eigenvalue weighted by Crippen LogP contribution is -2.54. The third-order valence-electron chi connectivity index (χ3n) is 34.8. The third-order valence-corrected chi connectivity index (χ3v) is 41.1. The summed E-state index contributed by atoms with van der Waals surface area (Å²) in [4.78, 5) is 61.7. The van der Waals surface area contributed by atoms with E-state index in [-0.39, 0.29) is 23.6 Å². The molecule has 12 unspecified atom stereocenters. The molecule has 8 bridgehead atoms. The highest BCUT2D eigenvalue weighted by Gasteiger charge is 2.58. The predicted octanol–water partition coefficient (Wildman–Crippen LogP) is 27.2. The SMILES string of the molecule is CC1(C)C2CCC(CNC(=O)c3nn(-c4ccc(Cl)cc4Cl)c4c3CCc3sc(Cl)cc3-4)C1C2.Cc1cc2c(s1)CCc1c(C(=O)NCC3CCC4CC3C4(C)C)nn(-c3ccc(Cl)cc3Cl)c1-2.Cc1ccc(Cn2nc(C(=O)NCC3CCC4CC3C4(C)C)c3c2-c2cc(Br)sc2C3)cc1.Cc1ccc(Cn2nc(C(=O)NCC3CCC4CC3C4(C)C)c3c2-c2cc(C)sc2CC3)cc1. The second-order valence-electron chi connectivity index (χ2n) is 43.5. The summed E-state index contributed by atoms with van der Waals surface area (Å²) in [6, 6.07) is 36.6. The van der Waals surface area contributed by atoms with E-state index in [1.807, 2.05) is 56.3 Å². The number of amides is 4. The first-order valence-corrected chi connectivity index (χ1v) is 54.9. The van der Waals surface area contributed by atoms with Gasteiger partial charge in [0.25, 0.3) is 23.6 Å². The Kier molecular flexibility index (Phi) is 25.3. The Morgan fingerprint density at radius 3 is 1.08 bits per heavy atom. The fraction of sp³-hybridized carbons (Fsp3) is 0.486. The number of carbonyl (C=O) groups is 4. The minimum absolute atomic E-state index is 0.00793. The van der Waals surface area contributed by atoms with Gasteiger partial charge in [-0.2, -0.15) is 20.4 Å². The fourth-order valence-corrected chi connectivity index (χ4v) is 32.6. The van der Waals surface area contributed by atoms with Gasteiger partial charge >= 0.3 is 0 Å². The van der Waals surface area contributed by atoms with Crippen LogP contribution in [0.25, 0.3) is 56.4 Å². The lowest BCUT2D eigenvalue weighted by molar-refractivity contribution is -0.103. The molecule has 4 aromatic carbocycles. The van der Waals surface area contributed by atoms with Crippen LogP contribution in [-0.2, 0) is 58.0 Å². The Morgan fingerprint density at radius 2 is 0.711 bits per heavy atom. The summed E-state index contributed by atoms with van der Waals surface area (Å²) in [5.74, 6) is 8.47. The Morgan fingerprint density at radius 1 is 0.378 bits per heavy atom. The van der Waals surface area contributed by atoms with Gasteiger partial charge in [0, 0.05) is 116 Å². The van der Waals surface area contributed by atoms with Crippen molar-refractivity contribution in [3.05, 3.63) is 234 Å². The van der Waals surface area contributed by atoms with Gasteiger partial charge in [-0.15, -0.1) is 45.3 Å². The number of hydrogen-bond acceptors (Lipinski definition) is 12. The van der Waals surface area contributed by atoms with Crippen molar-refractivity contribution in [3.63, 3.8) is 0 Å². The number of benzene rings is 4. The molecule has 8 aromatic heterocycles. The molecule has 4 N–H and O–H groups in total. The molecular weight excluding hydrogens is 1930 g/mol. The topological polar surface area (TPSA) is 188 Å². The summed E-state index contributed by atoms with van der Waals surface area (Å²) in [6.45, 7) is 32.1. The van der Waals surface area contributed by atoms with Crippen molar-refractivity contribution < 1.29 is 19.2 Å². The second kappa shape index (κ2) is 36.4. The van der Waals surface area contributed by atoms with Gasteiger partial charge in [0.2, 0.25) is 0 Å². The van der Waals surface area contributed by atoms with E-state index in [1.165, 1.54) is 140 Å². The summed E-state index contributed by atoms with van der Waals surface area (Å²) >= 11 is 42.5. The minimum Gasteiger partial charge on any atom is -0.350 e. The minimum atomic E-state index is -0.107. The molecule has 12 atom stereocenters. The van der Waals surface area contributed by atoms with Crippen LogP contribution in [0.1, 0.15) is 248 Å². The number of aryl methyl sites for hydroxylation is 7. The first-order chi connectivity index (χ1) is 64.6. The van der Waals surface area contributed by atoms with Gasteiger partial charge in [-0.1, -0.05) is 173 Å². The van der Waals surface area contributed by atoms with Crippen LogP contribution < -0.4 is 21.3 Å². The maximum absolute atomic E-state index is 13.5. The van der Waals surface area contributed by atoms with Crippen molar-refractivity contribution in [2.75, 3.05) is 26.2 Å². The van der Waals surface area contributed by atoms with E-state index >= 15 is 0 Å². The van der Waals surface area contributed by atoms with Crippen LogP contribution in [0.5, 0.6) is 0 Å². The highest BCUT2D eigenvalue weighted by atomic mass is 79.9. The molecule has 26 heteroatoms. The largest absolute Gasteiger partial charge is 0.350 e. The maximum atomic E-state index is 13.5. The molecule has 706 valence electrons. The Balaban J connectivity index is 0.000000108. The molecule has 4 amide bonds. The number of thiophene rings is 4. The van der Waals surface area contributed by atoms with Gasteiger partial charge in [0.15, 0.2) is 22.8 Å². The van der Waals surface area contributed by atoms with Gasteiger partial charge in [-0.25, -0.2) is 9.36 Å². The summed E-state index contributed by atoms with van der Waals surface area (Å²) in [5.41, 5.74) is 23.3. The second-order valence-corrected chi connectivity index (χ2v) is 52.1. The normalized spacial score (nSPS) is 24.2. The van der Waals surface area contributed by atoms with Crippen LogP contribution in [0, 0.1) is 120 Å². The Bertz CT molecular complexity index is 6490. The molecule has 135 heavy (non-hydrogen) atoms. The number of rotatable bonds is 18. The summed E-state index contributed by atoms with van der Waals surface area (Å²) in [5, 5.41) is 34.7. The van der Waals surface area contributed by atoms with Gasteiger partial charge in [0.1, 0.15) is 0 Å². The van der Waals surface area contributed by atoms with Crippen LogP contribution in [-0.4, -0.2) is 88.9 Å². The highest BCUT2D eigenvalue weighted by Crippen LogP contribution is 2.65. The highest BCUT2D eigenvalue weighted by molar-refractivity contribution is 9.11. The zero-order chi connectivity index (χ0) is 94.1. The molecule has 0 spiro atoms. The third kappa shape index (κ3) is 17.2. The van der Waals surface area contributed by atoms with Crippen molar-refractivity contribution in [1.82, 2.24) is 60.4 Å². The summed E-state index contributed by atoms with van der Waals surface area (Å²) in [6.07, 6.45) is 21.4. The number of carbonyl (C=O) groups excluding carboxylic acids is 4. The Hall–Kier alpha value is -7.67. The van der Waals surface area contributed by atoms with Gasteiger partial charge in [-0.05, 0) is 324 Å². The molecule has 16 aliphatic rings. The monoisotopic (exact) mass is 2040 g/mol. The number of fused-ring (bicyclic) bond motifs is 20. The predicted molar refractivity (Wildman–Crippen MR) is 554 cm³/mol. The van der Waals surface area contributed by atoms with E-state index in [9.17, 15) is 19.2 Å². The average Bonchev–Trinajstić information content (AvgIpc) is 1.72. The maximum Gasteiger partial charge on any atom is 0.272 e. The molecule has 28 rings (SSSR count). The molecule has 12 fully saturated rings. The summed E-state index contributed by atoms with van der Waals surface area (Å²) in [7, 11) is 0. The molecule has 0 radical (unpaired) electrons. The number of nitrogens with zero attached hydrogens (tertiary/aromatic N) is 8. The zero-order valence-corrected chi connectivity index (χ0v) is 87.7. The van der Waals surface area contributed by atoms with Crippen LogP contribution in [0.2, 0.25) is 24.4 Å². The molecule has 0 aliphatic heterocycles. The summed E-state index contributed by atoms with van der Waals surface area (Å²) < 4.78 is 9.64. The smallest absolute Gasteiger partial charge is 0.272 e.